The summed E-state index contributed by atoms with van der Waals surface area (Å²) in [7, 11) is 0. The maximum absolute atomic E-state index is 11.7. The molecule has 6 nitrogen and oxygen atoms in total. The van der Waals surface area contributed by atoms with Crippen LogP contribution in [0.4, 0.5) is 4.79 Å². The molecule has 2 atom stereocenters. The van der Waals surface area contributed by atoms with E-state index < -0.39 is 12.0 Å². The summed E-state index contributed by atoms with van der Waals surface area (Å²) in [5.74, 6) is -0.611. The molecule has 0 aliphatic carbocycles. The molecule has 0 radical (unpaired) electrons. The average molecular weight is 285 g/mol. The van der Waals surface area contributed by atoms with Crippen LogP contribution in [0, 0.1) is 5.92 Å². The number of nitrogens with zero attached hydrogens (tertiary/aromatic N) is 1. The van der Waals surface area contributed by atoms with Crippen molar-refractivity contribution in [2.24, 2.45) is 5.92 Å². The fraction of sp³-hybridized carbons (Fsp3) is 0.857. The van der Waals surface area contributed by atoms with Crippen molar-refractivity contribution in [1.29, 1.82) is 0 Å². The highest BCUT2D eigenvalue weighted by Crippen LogP contribution is 2.09. The Balaban J connectivity index is 2.22. The number of hydrogen-bond donors (Lipinski definition) is 3. The van der Waals surface area contributed by atoms with Gasteiger partial charge in [0.25, 0.3) is 0 Å². The number of likely N-dealkylation sites (tertiary alicyclic amines) is 1. The first-order chi connectivity index (χ1) is 9.52. The highest BCUT2D eigenvalue weighted by molar-refractivity contribution is 5.82. The number of nitrogens with one attached hydrogen (secondary N) is 2. The van der Waals surface area contributed by atoms with Gasteiger partial charge in [0.05, 0.1) is 0 Å². The van der Waals surface area contributed by atoms with Crippen LogP contribution in [0.25, 0.3) is 0 Å². The van der Waals surface area contributed by atoms with Gasteiger partial charge in [0.15, 0.2) is 0 Å². The van der Waals surface area contributed by atoms with E-state index in [9.17, 15) is 9.59 Å². The Labute approximate surface area is 120 Å². The Morgan fingerprint density at radius 3 is 2.50 bits per heavy atom. The molecule has 2 amide bonds. The molecule has 0 aromatic carbocycles. The third kappa shape index (κ3) is 6.23. The van der Waals surface area contributed by atoms with Gasteiger partial charge in [-0.1, -0.05) is 20.3 Å². The maximum Gasteiger partial charge on any atom is 0.326 e. The van der Waals surface area contributed by atoms with Crippen molar-refractivity contribution in [2.75, 3.05) is 26.2 Å². The predicted molar refractivity (Wildman–Crippen MR) is 77.7 cm³/mol. The van der Waals surface area contributed by atoms with E-state index in [1.807, 2.05) is 6.92 Å². The Kier molecular flexibility index (Phi) is 7.36. The Morgan fingerprint density at radius 2 is 1.95 bits per heavy atom. The lowest BCUT2D eigenvalue weighted by molar-refractivity contribution is -0.139. The first-order valence-corrected chi connectivity index (χ1v) is 7.52. The standard InChI is InChI=1S/C14H27N3O3/c1-3-6-12(13(18)19)16-14(20)15-9-11(2)10-17-7-4-5-8-17/h11-12H,3-10H2,1-2H3,(H,18,19)(H2,15,16,20). The Hall–Kier alpha value is -1.30. The predicted octanol–water partition coefficient (Wildman–Crippen LogP) is 1.27. The molecule has 0 aromatic rings. The summed E-state index contributed by atoms with van der Waals surface area (Å²) in [6.07, 6.45) is 3.70. The Morgan fingerprint density at radius 1 is 1.30 bits per heavy atom. The molecule has 1 aliphatic rings. The Bertz CT molecular complexity index is 317. The van der Waals surface area contributed by atoms with E-state index in [0.29, 0.717) is 18.9 Å². The smallest absolute Gasteiger partial charge is 0.326 e. The van der Waals surface area contributed by atoms with Crippen molar-refractivity contribution < 1.29 is 14.7 Å². The minimum Gasteiger partial charge on any atom is -0.480 e. The largest absolute Gasteiger partial charge is 0.480 e. The zero-order valence-electron chi connectivity index (χ0n) is 12.5. The normalized spacial score (nSPS) is 18.5. The summed E-state index contributed by atoms with van der Waals surface area (Å²) in [4.78, 5) is 25.0. The molecule has 1 fully saturated rings. The van der Waals surface area contributed by atoms with E-state index in [4.69, 9.17) is 5.11 Å². The number of carboxylic acid groups (broad SMARTS) is 1. The molecule has 1 rings (SSSR count). The topological polar surface area (TPSA) is 81.7 Å². The SMILES string of the molecule is CCCC(NC(=O)NCC(C)CN1CCCC1)C(=O)O. The van der Waals surface area contributed by atoms with Crippen molar-refractivity contribution in [3.8, 4) is 0 Å². The molecule has 0 spiro atoms. The van der Waals surface area contributed by atoms with Crippen molar-refractivity contribution >= 4 is 12.0 Å². The zero-order chi connectivity index (χ0) is 15.0. The van der Waals surface area contributed by atoms with Crippen molar-refractivity contribution in [1.82, 2.24) is 15.5 Å². The fourth-order valence-electron chi connectivity index (χ4n) is 2.49. The average Bonchev–Trinajstić information content (AvgIpc) is 2.88. The van der Waals surface area contributed by atoms with Gasteiger partial charge in [0, 0.05) is 13.1 Å². The summed E-state index contributed by atoms with van der Waals surface area (Å²) in [5.41, 5.74) is 0. The summed E-state index contributed by atoms with van der Waals surface area (Å²) >= 11 is 0. The van der Waals surface area contributed by atoms with Gasteiger partial charge in [-0.3, -0.25) is 0 Å². The van der Waals surface area contributed by atoms with Crippen molar-refractivity contribution in [2.45, 2.75) is 45.6 Å². The molecule has 0 bridgehead atoms. The van der Waals surface area contributed by atoms with Crippen molar-refractivity contribution in [3.05, 3.63) is 0 Å². The second kappa shape index (κ2) is 8.79. The van der Waals surface area contributed by atoms with Crippen LogP contribution in [0.15, 0.2) is 0 Å². The highest BCUT2D eigenvalue weighted by Gasteiger charge is 2.19. The first-order valence-electron chi connectivity index (χ1n) is 7.52. The van der Waals surface area contributed by atoms with Crippen LogP contribution in [-0.2, 0) is 4.79 Å². The quantitative estimate of drug-likeness (QED) is 0.627. The number of aliphatic carboxylic acids is 1. The molecule has 6 heteroatoms. The lowest BCUT2D eigenvalue weighted by Gasteiger charge is -2.21. The second-order valence-corrected chi connectivity index (χ2v) is 5.65. The van der Waals surface area contributed by atoms with Gasteiger partial charge in [0.1, 0.15) is 6.04 Å². The second-order valence-electron chi connectivity index (χ2n) is 5.65. The summed E-state index contributed by atoms with van der Waals surface area (Å²) < 4.78 is 0. The third-order valence-corrected chi connectivity index (χ3v) is 3.56. The van der Waals surface area contributed by atoms with E-state index in [1.165, 1.54) is 12.8 Å². The van der Waals surface area contributed by atoms with Crippen LogP contribution < -0.4 is 10.6 Å². The molecule has 20 heavy (non-hydrogen) atoms. The molecule has 1 aliphatic heterocycles. The number of rotatable bonds is 8. The molecule has 3 N–H and O–H groups in total. The third-order valence-electron chi connectivity index (χ3n) is 3.56. The summed E-state index contributed by atoms with van der Waals surface area (Å²) in [5, 5.41) is 14.2. The molecular formula is C14H27N3O3. The van der Waals surface area contributed by atoms with Crippen LogP contribution in [0.5, 0.6) is 0 Å². The number of carbonyl (C=O) groups is 2. The minimum absolute atomic E-state index is 0.369. The highest BCUT2D eigenvalue weighted by atomic mass is 16.4. The number of urea groups is 1. The summed E-state index contributed by atoms with van der Waals surface area (Å²) in [6, 6.07) is -1.19. The molecule has 0 saturated carbocycles. The number of hydrogen-bond acceptors (Lipinski definition) is 3. The van der Waals surface area contributed by atoms with Crippen molar-refractivity contribution in [3.63, 3.8) is 0 Å². The van der Waals surface area contributed by atoms with Gasteiger partial charge in [-0.05, 0) is 38.3 Å². The number of carbonyl (C=O) groups excluding carboxylic acids is 1. The van der Waals surface area contributed by atoms with Crippen LogP contribution >= 0.6 is 0 Å². The zero-order valence-corrected chi connectivity index (χ0v) is 12.5. The van der Waals surface area contributed by atoms with Gasteiger partial charge in [-0.2, -0.15) is 0 Å². The van der Waals surface area contributed by atoms with E-state index in [2.05, 4.69) is 22.5 Å². The van der Waals surface area contributed by atoms with Gasteiger partial charge < -0.3 is 20.6 Å². The lowest BCUT2D eigenvalue weighted by Crippen LogP contribution is -2.47. The van der Waals surface area contributed by atoms with Crippen LogP contribution in [0.1, 0.15) is 39.5 Å². The molecular weight excluding hydrogens is 258 g/mol. The molecule has 1 saturated heterocycles. The van der Waals surface area contributed by atoms with Crippen LogP contribution in [0.3, 0.4) is 0 Å². The van der Waals surface area contributed by atoms with Gasteiger partial charge in [0.2, 0.25) is 0 Å². The molecule has 116 valence electrons. The van der Waals surface area contributed by atoms with E-state index in [-0.39, 0.29) is 6.03 Å². The van der Waals surface area contributed by atoms with Crippen LogP contribution in [0.2, 0.25) is 0 Å². The number of amides is 2. The minimum atomic E-state index is -0.980. The van der Waals surface area contributed by atoms with Crippen LogP contribution in [-0.4, -0.2) is 54.2 Å². The molecule has 0 aromatic heterocycles. The van der Waals surface area contributed by atoms with Gasteiger partial charge in [-0.15, -0.1) is 0 Å². The fourth-order valence-corrected chi connectivity index (χ4v) is 2.49. The van der Waals surface area contributed by atoms with E-state index in [1.54, 1.807) is 0 Å². The summed E-state index contributed by atoms with van der Waals surface area (Å²) in [6.45, 7) is 7.84. The maximum atomic E-state index is 11.7. The first kappa shape index (κ1) is 16.8. The van der Waals surface area contributed by atoms with Gasteiger partial charge >= 0.3 is 12.0 Å². The lowest BCUT2D eigenvalue weighted by atomic mass is 10.1. The van der Waals surface area contributed by atoms with Gasteiger partial charge in [-0.25, -0.2) is 9.59 Å². The van der Waals surface area contributed by atoms with E-state index >= 15 is 0 Å². The number of carboxylic acids is 1. The monoisotopic (exact) mass is 285 g/mol. The molecule has 1 heterocycles. The molecule has 2 unspecified atom stereocenters. The van der Waals surface area contributed by atoms with E-state index in [0.717, 1.165) is 26.1 Å².